The van der Waals surface area contributed by atoms with Gasteiger partial charge in [0.2, 0.25) is 10.0 Å². The second-order valence-electron chi connectivity index (χ2n) is 7.10. The van der Waals surface area contributed by atoms with Crippen molar-refractivity contribution in [2.45, 2.75) is 69.3 Å². The molecule has 122 valence electrons. The van der Waals surface area contributed by atoms with Crippen molar-refractivity contribution >= 4 is 10.0 Å². The number of hydrogen-bond acceptors (Lipinski definition) is 4. The Labute approximate surface area is 129 Å². The van der Waals surface area contributed by atoms with E-state index in [1.165, 1.54) is 25.7 Å². The van der Waals surface area contributed by atoms with Gasteiger partial charge in [0.05, 0.1) is 5.25 Å². The summed E-state index contributed by atoms with van der Waals surface area (Å²) in [6.45, 7) is 7.23. The third-order valence-electron chi connectivity index (χ3n) is 5.24. The van der Waals surface area contributed by atoms with Crippen molar-refractivity contribution in [3.05, 3.63) is 0 Å². The number of fused-ring (bicyclic) bond motifs is 1. The van der Waals surface area contributed by atoms with E-state index in [2.05, 4.69) is 17.1 Å². The van der Waals surface area contributed by atoms with Crippen LogP contribution in [0.5, 0.6) is 0 Å². The Morgan fingerprint density at radius 2 is 1.95 bits per heavy atom. The minimum absolute atomic E-state index is 0.104. The molecule has 2 heterocycles. The lowest BCUT2D eigenvalue weighted by Crippen LogP contribution is -2.61. The molecular weight excluding hydrogens is 286 g/mol. The molecule has 3 aliphatic rings. The molecule has 3 fully saturated rings. The molecular formula is C15H29N3O2S. The summed E-state index contributed by atoms with van der Waals surface area (Å²) in [5.41, 5.74) is 0. The second-order valence-corrected chi connectivity index (χ2v) is 9.41. The van der Waals surface area contributed by atoms with Gasteiger partial charge >= 0.3 is 0 Å². The summed E-state index contributed by atoms with van der Waals surface area (Å²) in [5.74, 6) is 0. The lowest BCUT2D eigenvalue weighted by atomic mass is 9.99. The standard InChI is InChI=1S/C15H29N3O2S/c1-12-10-17-8-4-3-5-15(17)11-18(12)21(19,20)13(2)9-16-14-6-7-14/h12-16H,3-11H2,1-2H3. The average Bonchev–Trinajstić information content (AvgIpc) is 3.28. The first-order valence-electron chi connectivity index (χ1n) is 8.46. The highest BCUT2D eigenvalue weighted by Gasteiger charge is 2.40. The monoisotopic (exact) mass is 315 g/mol. The van der Waals surface area contributed by atoms with Crippen molar-refractivity contribution < 1.29 is 8.42 Å². The first-order chi connectivity index (χ1) is 9.98. The van der Waals surface area contributed by atoms with Crippen LogP contribution in [0.4, 0.5) is 0 Å². The van der Waals surface area contributed by atoms with Gasteiger partial charge in [-0.1, -0.05) is 6.42 Å². The third kappa shape index (κ3) is 3.44. The predicted molar refractivity (Wildman–Crippen MR) is 84.8 cm³/mol. The molecule has 0 radical (unpaired) electrons. The highest BCUT2D eigenvalue weighted by Crippen LogP contribution is 2.27. The number of hydrogen-bond donors (Lipinski definition) is 1. The molecule has 6 heteroatoms. The number of nitrogens with zero attached hydrogens (tertiary/aromatic N) is 2. The van der Waals surface area contributed by atoms with E-state index >= 15 is 0 Å². The molecule has 0 aromatic carbocycles. The summed E-state index contributed by atoms with van der Waals surface area (Å²) in [5, 5.41) is 3.03. The molecule has 0 bridgehead atoms. The van der Waals surface area contributed by atoms with Gasteiger partial charge in [-0.3, -0.25) is 4.90 Å². The topological polar surface area (TPSA) is 52.7 Å². The van der Waals surface area contributed by atoms with E-state index in [-0.39, 0.29) is 11.3 Å². The molecule has 3 unspecified atom stereocenters. The van der Waals surface area contributed by atoms with Gasteiger partial charge in [-0.15, -0.1) is 0 Å². The summed E-state index contributed by atoms with van der Waals surface area (Å²) in [7, 11) is -3.19. The maximum atomic E-state index is 12.9. The fourth-order valence-electron chi connectivity index (χ4n) is 3.64. The summed E-state index contributed by atoms with van der Waals surface area (Å²) in [6.07, 6.45) is 6.04. The lowest BCUT2D eigenvalue weighted by Gasteiger charge is -2.47. The molecule has 1 N–H and O–H groups in total. The van der Waals surface area contributed by atoms with Crippen molar-refractivity contribution in [1.29, 1.82) is 0 Å². The zero-order valence-electron chi connectivity index (χ0n) is 13.3. The maximum absolute atomic E-state index is 12.9. The summed E-state index contributed by atoms with van der Waals surface area (Å²) >= 11 is 0. The van der Waals surface area contributed by atoms with E-state index in [1.54, 1.807) is 4.31 Å². The van der Waals surface area contributed by atoms with Crippen LogP contribution in [0.25, 0.3) is 0 Å². The van der Waals surface area contributed by atoms with Crippen LogP contribution in [-0.4, -0.2) is 67.2 Å². The Kier molecular flexibility index (Phi) is 4.60. The molecule has 3 atom stereocenters. The minimum atomic E-state index is -3.19. The van der Waals surface area contributed by atoms with Crippen LogP contribution in [-0.2, 0) is 10.0 Å². The van der Waals surface area contributed by atoms with Crippen LogP contribution in [0.15, 0.2) is 0 Å². The van der Waals surface area contributed by atoms with Gasteiger partial charge in [0.15, 0.2) is 0 Å². The molecule has 2 aliphatic heterocycles. The van der Waals surface area contributed by atoms with Crippen molar-refractivity contribution in [1.82, 2.24) is 14.5 Å². The first kappa shape index (κ1) is 15.7. The summed E-state index contributed by atoms with van der Waals surface area (Å²) in [6, 6.07) is 1.11. The van der Waals surface area contributed by atoms with E-state index in [1.807, 2.05) is 6.92 Å². The van der Waals surface area contributed by atoms with E-state index in [0.717, 1.165) is 19.5 Å². The Balaban J connectivity index is 1.65. The fourth-order valence-corrected chi connectivity index (χ4v) is 5.35. The first-order valence-corrected chi connectivity index (χ1v) is 9.97. The fraction of sp³-hybridized carbons (Fsp3) is 1.00. The highest BCUT2D eigenvalue weighted by atomic mass is 32.2. The van der Waals surface area contributed by atoms with Crippen LogP contribution >= 0.6 is 0 Å². The third-order valence-corrected chi connectivity index (χ3v) is 7.58. The second kappa shape index (κ2) is 6.14. The molecule has 0 aromatic heterocycles. The Hall–Kier alpha value is -0.170. The molecule has 1 aliphatic carbocycles. The smallest absolute Gasteiger partial charge is 0.218 e. The van der Waals surface area contributed by atoms with Crippen molar-refractivity contribution in [3.8, 4) is 0 Å². The minimum Gasteiger partial charge on any atom is -0.313 e. The van der Waals surface area contributed by atoms with Crippen molar-refractivity contribution in [3.63, 3.8) is 0 Å². The zero-order valence-corrected chi connectivity index (χ0v) is 14.1. The normalized spacial score (nSPS) is 33.6. The average molecular weight is 315 g/mol. The SMILES string of the molecule is CC1CN2CCCCC2CN1S(=O)(=O)C(C)CNC1CC1. The molecule has 0 amide bonds. The van der Waals surface area contributed by atoms with Gasteiger partial charge in [0.25, 0.3) is 0 Å². The van der Waals surface area contributed by atoms with Crippen LogP contribution in [0, 0.1) is 0 Å². The molecule has 3 rings (SSSR count). The molecule has 21 heavy (non-hydrogen) atoms. The van der Waals surface area contributed by atoms with Crippen LogP contribution in [0.3, 0.4) is 0 Å². The van der Waals surface area contributed by atoms with E-state index < -0.39 is 10.0 Å². The van der Waals surface area contributed by atoms with Gasteiger partial charge in [-0.25, -0.2) is 8.42 Å². The number of sulfonamides is 1. The van der Waals surface area contributed by atoms with Gasteiger partial charge in [0, 0.05) is 37.8 Å². The molecule has 5 nitrogen and oxygen atoms in total. The predicted octanol–water partition coefficient (Wildman–Crippen LogP) is 1.02. The van der Waals surface area contributed by atoms with Gasteiger partial charge < -0.3 is 5.32 Å². The molecule has 0 aromatic rings. The summed E-state index contributed by atoms with van der Waals surface area (Å²) < 4.78 is 27.5. The van der Waals surface area contributed by atoms with Crippen LogP contribution in [0.1, 0.15) is 46.0 Å². The molecule has 0 spiro atoms. The molecule has 2 saturated heterocycles. The lowest BCUT2D eigenvalue weighted by molar-refractivity contribution is 0.0560. The van der Waals surface area contributed by atoms with Crippen LogP contribution in [0.2, 0.25) is 0 Å². The van der Waals surface area contributed by atoms with Crippen molar-refractivity contribution in [2.75, 3.05) is 26.2 Å². The van der Waals surface area contributed by atoms with Gasteiger partial charge in [-0.05, 0) is 46.1 Å². The number of piperazine rings is 1. The largest absolute Gasteiger partial charge is 0.313 e. The summed E-state index contributed by atoms with van der Waals surface area (Å²) in [4.78, 5) is 2.49. The number of piperidine rings is 1. The zero-order chi connectivity index (χ0) is 15.0. The van der Waals surface area contributed by atoms with Gasteiger partial charge in [0.1, 0.15) is 0 Å². The van der Waals surface area contributed by atoms with Gasteiger partial charge in [-0.2, -0.15) is 4.31 Å². The number of nitrogens with one attached hydrogen (secondary N) is 1. The number of rotatable bonds is 5. The van der Waals surface area contributed by atoms with E-state index in [0.29, 0.717) is 25.2 Å². The Bertz CT molecular complexity index is 464. The Morgan fingerprint density at radius 3 is 2.67 bits per heavy atom. The highest BCUT2D eigenvalue weighted by molar-refractivity contribution is 7.89. The van der Waals surface area contributed by atoms with E-state index in [9.17, 15) is 8.42 Å². The van der Waals surface area contributed by atoms with E-state index in [4.69, 9.17) is 0 Å². The quantitative estimate of drug-likeness (QED) is 0.823. The maximum Gasteiger partial charge on any atom is 0.218 e. The Morgan fingerprint density at radius 1 is 1.19 bits per heavy atom. The van der Waals surface area contributed by atoms with Crippen molar-refractivity contribution in [2.24, 2.45) is 0 Å². The molecule has 1 saturated carbocycles. The van der Waals surface area contributed by atoms with Crippen LogP contribution < -0.4 is 5.32 Å².